The van der Waals surface area contributed by atoms with E-state index in [9.17, 15) is 22.0 Å². The molecular weight excluding hydrogens is 382 g/mol. The number of anilines is 1. The van der Waals surface area contributed by atoms with Gasteiger partial charge in [-0.3, -0.25) is 4.79 Å². The van der Waals surface area contributed by atoms with Gasteiger partial charge in [0.15, 0.2) is 11.5 Å². The lowest BCUT2D eigenvalue weighted by molar-refractivity contribution is -0.286. The smallest absolute Gasteiger partial charge is 0.395 e. The van der Waals surface area contributed by atoms with E-state index < -0.39 is 22.2 Å². The van der Waals surface area contributed by atoms with Crippen molar-refractivity contribution >= 4 is 21.6 Å². The predicted molar refractivity (Wildman–Crippen MR) is 92.4 cm³/mol. The number of carbonyl (C=O) groups excluding carboxylic acids is 1. The summed E-state index contributed by atoms with van der Waals surface area (Å²) < 4.78 is 60.9. The minimum absolute atomic E-state index is 0.00814. The first-order valence-corrected chi connectivity index (χ1v) is 9.10. The van der Waals surface area contributed by atoms with Crippen molar-refractivity contribution in [2.24, 2.45) is 0 Å². The first kappa shape index (κ1) is 18.8. The van der Waals surface area contributed by atoms with Gasteiger partial charge in [0, 0.05) is 23.9 Å². The van der Waals surface area contributed by atoms with E-state index in [1.165, 1.54) is 48.5 Å². The zero-order chi connectivity index (χ0) is 19.7. The van der Waals surface area contributed by atoms with E-state index in [-0.39, 0.29) is 34.2 Å². The maximum Gasteiger partial charge on any atom is 0.586 e. The Morgan fingerprint density at radius 2 is 1.78 bits per heavy atom. The highest BCUT2D eigenvalue weighted by molar-refractivity contribution is 7.89. The Labute approximate surface area is 153 Å². The van der Waals surface area contributed by atoms with Gasteiger partial charge in [-0.2, -0.15) is 0 Å². The number of benzene rings is 2. The molecule has 3 rings (SSSR count). The number of hydrogen-bond acceptors (Lipinski definition) is 5. The second kappa shape index (κ2) is 6.97. The molecule has 0 spiro atoms. The Balaban J connectivity index is 1.71. The number of amides is 1. The Kier molecular flexibility index (Phi) is 4.85. The van der Waals surface area contributed by atoms with Crippen molar-refractivity contribution in [3.63, 3.8) is 0 Å². The van der Waals surface area contributed by atoms with Crippen LogP contribution in [-0.2, 0) is 10.0 Å². The molecule has 0 atom stereocenters. The van der Waals surface area contributed by atoms with Crippen LogP contribution >= 0.6 is 0 Å². The molecule has 0 saturated carbocycles. The summed E-state index contributed by atoms with van der Waals surface area (Å²) in [6.07, 6.45) is -2.34. The Bertz CT molecular complexity index is 991. The molecule has 0 bridgehead atoms. The van der Waals surface area contributed by atoms with Gasteiger partial charge in [0.1, 0.15) is 0 Å². The second-order valence-electron chi connectivity index (χ2n) is 5.45. The Morgan fingerprint density at radius 3 is 2.44 bits per heavy atom. The molecule has 10 heteroatoms. The van der Waals surface area contributed by atoms with Crippen molar-refractivity contribution in [3.05, 3.63) is 60.7 Å². The van der Waals surface area contributed by atoms with Crippen LogP contribution < -0.4 is 19.5 Å². The molecule has 0 aromatic heterocycles. The molecule has 142 valence electrons. The topological polar surface area (TPSA) is 93.7 Å². The van der Waals surface area contributed by atoms with Crippen LogP contribution in [-0.4, -0.2) is 27.2 Å². The van der Waals surface area contributed by atoms with E-state index >= 15 is 0 Å². The zero-order valence-electron chi connectivity index (χ0n) is 13.7. The van der Waals surface area contributed by atoms with Crippen LogP contribution in [0.25, 0.3) is 0 Å². The molecule has 0 saturated heterocycles. The minimum atomic E-state index is -3.74. The summed E-state index contributed by atoms with van der Waals surface area (Å²) in [5.74, 6) is -0.893. The van der Waals surface area contributed by atoms with Gasteiger partial charge in [-0.15, -0.1) is 15.4 Å². The summed E-state index contributed by atoms with van der Waals surface area (Å²) in [6, 6.07) is 9.04. The molecule has 27 heavy (non-hydrogen) atoms. The lowest BCUT2D eigenvalue weighted by Crippen LogP contribution is -2.25. The molecule has 1 heterocycles. The van der Waals surface area contributed by atoms with Gasteiger partial charge in [-0.05, 0) is 36.4 Å². The van der Waals surface area contributed by atoms with Crippen molar-refractivity contribution in [2.45, 2.75) is 11.2 Å². The van der Waals surface area contributed by atoms with Gasteiger partial charge in [-0.1, -0.05) is 6.08 Å². The van der Waals surface area contributed by atoms with Crippen LogP contribution in [0.15, 0.2) is 60.0 Å². The van der Waals surface area contributed by atoms with Crippen LogP contribution in [0, 0.1) is 0 Å². The van der Waals surface area contributed by atoms with Gasteiger partial charge in [0.25, 0.3) is 5.91 Å². The maximum absolute atomic E-state index is 13.0. The predicted octanol–water partition coefficient (Wildman–Crippen LogP) is 2.72. The summed E-state index contributed by atoms with van der Waals surface area (Å²) in [5.41, 5.74) is 0.394. The highest BCUT2D eigenvalue weighted by atomic mass is 32.2. The van der Waals surface area contributed by atoms with Gasteiger partial charge < -0.3 is 14.8 Å². The van der Waals surface area contributed by atoms with E-state index in [0.29, 0.717) is 0 Å². The van der Waals surface area contributed by atoms with Crippen molar-refractivity contribution in [3.8, 4) is 11.5 Å². The second-order valence-corrected chi connectivity index (χ2v) is 7.22. The van der Waals surface area contributed by atoms with Crippen LogP contribution in [0.3, 0.4) is 0 Å². The van der Waals surface area contributed by atoms with Crippen LogP contribution in [0.2, 0.25) is 0 Å². The lowest BCUT2D eigenvalue weighted by Gasteiger charge is -2.08. The number of alkyl halides is 2. The zero-order valence-corrected chi connectivity index (χ0v) is 14.6. The monoisotopic (exact) mass is 396 g/mol. The lowest BCUT2D eigenvalue weighted by atomic mass is 10.2. The van der Waals surface area contributed by atoms with Crippen molar-refractivity contribution in [2.75, 3.05) is 11.9 Å². The van der Waals surface area contributed by atoms with Gasteiger partial charge >= 0.3 is 6.29 Å². The molecular formula is C17H14F2N2O5S. The molecule has 0 radical (unpaired) electrons. The van der Waals surface area contributed by atoms with E-state index in [1.54, 1.807) is 0 Å². The van der Waals surface area contributed by atoms with Gasteiger partial charge in [0.2, 0.25) is 10.0 Å². The molecule has 2 aromatic carbocycles. The number of carbonyl (C=O) groups is 1. The third-order valence-corrected chi connectivity index (χ3v) is 4.94. The first-order valence-electron chi connectivity index (χ1n) is 7.62. The standard InChI is InChI=1S/C17H14F2N2O5S/c1-2-9-20-27(23,24)13-6-3-11(4-7-13)16(22)21-12-5-8-14-15(10-12)26-17(18,19)25-14/h2-8,10,20H,1,9H2,(H,21,22). The number of sulfonamides is 1. The fourth-order valence-corrected chi connectivity index (χ4v) is 3.27. The van der Waals surface area contributed by atoms with E-state index in [1.807, 2.05) is 0 Å². The summed E-state index contributed by atoms with van der Waals surface area (Å²) in [4.78, 5) is 12.3. The van der Waals surface area contributed by atoms with Gasteiger partial charge in [0.05, 0.1) is 4.90 Å². The maximum atomic E-state index is 13.0. The highest BCUT2D eigenvalue weighted by Gasteiger charge is 2.43. The number of rotatable bonds is 6. The van der Waals surface area contributed by atoms with Crippen molar-refractivity contribution in [1.29, 1.82) is 0 Å². The van der Waals surface area contributed by atoms with E-state index in [0.717, 1.165) is 0 Å². The average molecular weight is 396 g/mol. The van der Waals surface area contributed by atoms with Crippen molar-refractivity contribution in [1.82, 2.24) is 4.72 Å². The van der Waals surface area contributed by atoms with E-state index in [4.69, 9.17) is 0 Å². The summed E-state index contributed by atoms with van der Waals surface area (Å²) in [6.45, 7) is 3.50. The number of nitrogens with one attached hydrogen (secondary N) is 2. The molecule has 1 amide bonds. The third-order valence-electron chi connectivity index (χ3n) is 3.50. The quantitative estimate of drug-likeness (QED) is 0.733. The average Bonchev–Trinajstić information content (AvgIpc) is 2.93. The normalized spacial score (nSPS) is 14.6. The third kappa shape index (κ3) is 4.23. The summed E-state index contributed by atoms with van der Waals surface area (Å²) in [5, 5.41) is 2.51. The summed E-state index contributed by atoms with van der Waals surface area (Å²) >= 11 is 0. The molecule has 1 aliphatic heterocycles. The largest absolute Gasteiger partial charge is 0.586 e. The number of ether oxygens (including phenoxy) is 2. The minimum Gasteiger partial charge on any atom is -0.395 e. The summed E-state index contributed by atoms with van der Waals surface area (Å²) in [7, 11) is -3.70. The molecule has 2 N–H and O–H groups in total. The molecule has 0 fully saturated rings. The van der Waals surface area contributed by atoms with Crippen LogP contribution in [0.5, 0.6) is 11.5 Å². The SMILES string of the molecule is C=CCNS(=O)(=O)c1ccc(C(=O)Nc2ccc3c(c2)OC(F)(F)O3)cc1. The van der Waals surface area contributed by atoms with Crippen LogP contribution in [0.1, 0.15) is 10.4 Å². The van der Waals surface area contributed by atoms with Gasteiger partial charge in [-0.25, -0.2) is 13.1 Å². The Morgan fingerprint density at radius 1 is 1.11 bits per heavy atom. The Hall–Kier alpha value is -2.98. The molecule has 7 nitrogen and oxygen atoms in total. The number of halogens is 2. The molecule has 2 aromatic rings. The molecule has 1 aliphatic rings. The van der Waals surface area contributed by atoms with Crippen molar-refractivity contribution < 1.29 is 31.5 Å². The number of fused-ring (bicyclic) bond motifs is 1. The highest BCUT2D eigenvalue weighted by Crippen LogP contribution is 2.42. The fourth-order valence-electron chi connectivity index (χ4n) is 2.27. The van der Waals surface area contributed by atoms with E-state index in [2.05, 4.69) is 26.1 Å². The molecule has 0 aliphatic carbocycles. The number of hydrogen-bond donors (Lipinski definition) is 2. The fraction of sp³-hybridized carbons (Fsp3) is 0.118. The molecule has 0 unspecified atom stereocenters. The first-order chi connectivity index (χ1) is 12.7. The van der Waals surface area contributed by atoms with Crippen LogP contribution in [0.4, 0.5) is 14.5 Å².